The molecule has 122 valence electrons. The van der Waals surface area contributed by atoms with E-state index in [1.807, 2.05) is 12.1 Å². The number of aliphatic hydroxyl groups is 1. The quantitative estimate of drug-likeness (QED) is 0.678. The number of aromatic carboxylic acids is 1. The third-order valence-electron chi connectivity index (χ3n) is 4.48. The molecule has 3 heterocycles. The van der Waals surface area contributed by atoms with Crippen molar-refractivity contribution >= 4 is 22.8 Å². The third kappa shape index (κ3) is 2.30. The van der Waals surface area contributed by atoms with E-state index in [1.54, 1.807) is 6.07 Å². The highest BCUT2D eigenvalue weighted by Crippen LogP contribution is 2.30. The van der Waals surface area contributed by atoms with E-state index in [2.05, 4.69) is 25.9 Å². The van der Waals surface area contributed by atoms with Crippen LogP contribution in [0.15, 0.2) is 30.6 Å². The van der Waals surface area contributed by atoms with Gasteiger partial charge in [-0.25, -0.2) is 14.8 Å². The zero-order valence-electron chi connectivity index (χ0n) is 12.9. The number of aliphatic hydroxyl groups excluding tert-OH is 1. The standard InChI is InChI=1S/C17H16N4O3/c22-8-11-3-1-2-10-4-5-21(7-13(10)11)16-12-6-14(17(23)24)20-15(12)18-9-19-16/h1-3,6,9,22H,4-5,7-8H2,(H,23,24)(H,18,19,20). The number of carboxylic acids is 1. The molecule has 0 bridgehead atoms. The lowest BCUT2D eigenvalue weighted by molar-refractivity contribution is 0.0691. The zero-order valence-corrected chi connectivity index (χ0v) is 12.9. The Kier molecular flexibility index (Phi) is 3.42. The molecule has 0 spiro atoms. The van der Waals surface area contributed by atoms with Crippen LogP contribution in [0.4, 0.5) is 5.82 Å². The van der Waals surface area contributed by atoms with Crippen LogP contribution in [0.3, 0.4) is 0 Å². The summed E-state index contributed by atoms with van der Waals surface area (Å²) in [5.74, 6) is -0.312. The average Bonchev–Trinajstić information content (AvgIpc) is 3.05. The summed E-state index contributed by atoms with van der Waals surface area (Å²) in [6.07, 6.45) is 2.29. The van der Waals surface area contributed by atoms with Gasteiger partial charge in [-0.2, -0.15) is 0 Å². The molecular weight excluding hydrogens is 308 g/mol. The number of nitrogens with zero attached hydrogens (tertiary/aromatic N) is 3. The number of benzene rings is 1. The summed E-state index contributed by atoms with van der Waals surface area (Å²) in [6, 6.07) is 7.55. The van der Waals surface area contributed by atoms with Gasteiger partial charge < -0.3 is 20.1 Å². The maximum absolute atomic E-state index is 11.2. The first-order valence-corrected chi connectivity index (χ1v) is 7.70. The summed E-state index contributed by atoms with van der Waals surface area (Å²) < 4.78 is 0. The van der Waals surface area contributed by atoms with Crippen molar-refractivity contribution in [1.82, 2.24) is 15.0 Å². The molecule has 0 saturated heterocycles. The lowest BCUT2D eigenvalue weighted by Gasteiger charge is -2.31. The van der Waals surface area contributed by atoms with Crippen molar-refractivity contribution in [2.75, 3.05) is 11.4 Å². The number of nitrogens with one attached hydrogen (secondary N) is 1. The summed E-state index contributed by atoms with van der Waals surface area (Å²) in [7, 11) is 0. The molecule has 7 nitrogen and oxygen atoms in total. The summed E-state index contributed by atoms with van der Waals surface area (Å²) in [6.45, 7) is 1.41. The topological polar surface area (TPSA) is 102 Å². The molecule has 7 heteroatoms. The fourth-order valence-electron chi connectivity index (χ4n) is 3.27. The Morgan fingerprint density at radius 3 is 3.00 bits per heavy atom. The average molecular weight is 324 g/mol. The van der Waals surface area contributed by atoms with Crippen LogP contribution in [0.1, 0.15) is 27.2 Å². The van der Waals surface area contributed by atoms with Gasteiger partial charge in [0.25, 0.3) is 0 Å². The van der Waals surface area contributed by atoms with Gasteiger partial charge in [-0.05, 0) is 29.2 Å². The zero-order chi connectivity index (χ0) is 16.7. The summed E-state index contributed by atoms with van der Waals surface area (Å²) >= 11 is 0. The first-order chi connectivity index (χ1) is 11.7. The number of aromatic amines is 1. The van der Waals surface area contributed by atoms with Crippen LogP contribution in [0.2, 0.25) is 0 Å². The molecule has 0 unspecified atom stereocenters. The fourth-order valence-corrected chi connectivity index (χ4v) is 3.27. The van der Waals surface area contributed by atoms with Crippen molar-refractivity contribution in [1.29, 1.82) is 0 Å². The minimum atomic E-state index is -1.02. The molecule has 3 N–H and O–H groups in total. The van der Waals surface area contributed by atoms with Crippen molar-refractivity contribution in [3.05, 3.63) is 53.0 Å². The molecular formula is C17H16N4O3. The molecule has 1 aliphatic rings. The second kappa shape index (κ2) is 5.61. The highest BCUT2D eigenvalue weighted by atomic mass is 16.4. The van der Waals surface area contributed by atoms with Gasteiger partial charge in [-0.3, -0.25) is 0 Å². The minimum absolute atomic E-state index is 0.00349. The minimum Gasteiger partial charge on any atom is -0.477 e. The highest BCUT2D eigenvalue weighted by molar-refractivity contribution is 5.96. The predicted molar refractivity (Wildman–Crippen MR) is 88.0 cm³/mol. The van der Waals surface area contributed by atoms with Gasteiger partial charge in [-0.1, -0.05) is 18.2 Å². The summed E-state index contributed by atoms with van der Waals surface area (Å²) in [5, 5.41) is 19.4. The van der Waals surface area contributed by atoms with E-state index in [1.165, 1.54) is 11.9 Å². The molecule has 0 radical (unpaired) electrons. The van der Waals surface area contributed by atoms with Crippen molar-refractivity contribution < 1.29 is 15.0 Å². The van der Waals surface area contributed by atoms with Crippen LogP contribution in [0.5, 0.6) is 0 Å². The van der Waals surface area contributed by atoms with Crippen LogP contribution < -0.4 is 4.90 Å². The Balaban J connectivity index is 1.77. The van der Waals surface area contributed by atoms with E-state index >= 15 is 0 Å². The van der Waals surface area contributed by atoms with Gasteiger partial charge in [0.2, 0.25) is 0 Å². The maximum atomic E-state index is 11.2. The first-order valence-electron chi connectivity index (χ1n) is 7.70. The molecule has 3 aromatic rings. The van der Waals surface area contributed by atoms with E-state index in [0.29, 0.717) is 23.4 Å². The SMILES string of the molecule is O=C(O)c1cc2c(N3CCc4cccc(CO)c4C3)ncnc2[nH]1. The number of hydrogen-bond acceptors (Lipinski definition) is 5. The Bertz CT molecular complexity index is 920. The number of carbonyl (C=O) groups is 1. The van der Waals surface area contributed by atoms with Gasteiger partial charge >= 0.3 is 5.97 Å². The molecule has 4 rings (SSSR count). The van der Waals surface area contributed by atoms with E-state index < -0.39 is 5.97 Å². The Morgan fingerprint density at radius 2 is 2.21 bits per heavy atom. The summed E-state index contributed by atoms with van der Waals surface area (Å²) in [5.41, 5.74) is 3.89. The Labute approximate surface area is 137 Å². The van der Waals surface area contributed by atoms with E-state index in [4.69, 9.17) is 5.11 Å². The second-order valence-corrected chi connectivity index (χ2v) is 5.83. The number of anilines is 1. The number of hydrogen-bond donors (Lipinski definition) is 3. The number of rotatable bonds is 3. The molecule has 1 aliphatic heterocycles. The Hall–Kier alpha value is -2.93. The molecule has 2 aromatic heterocycles. The van der Waals surface area contributed by atoms with Crippen LogP contribution in [0.25, 0.3) is 11.0 Å². The van der Waals surface area contributed by atoms with E-state index in [0.717, 1.165) is 24.1 Å². The first kappa shape index (κ1) is 14.6. The van der Waals surface area contributed by atoms with Gasteiger partial charge in [0.1, 0.15) is 23.5 Å². The smallest absolute Gasteiger partial charge is 0.352 e. The van der Waals surface area contributed by atoms with Crippen molar-refractivity contribution in [2.24, 2.45) is 0 Å². The number of H-pyrrole nitrogens is 1. The van der Waals surface area contributed by atoms with E-state index in [9.17, 15) is 9.90 Å². The highest BCUT2D eigenvalue weighted by Gasteiger charge is 2.22. The second-order valence-electron chi connectivity index (χ2n) is 5.83. The molecule has 0 fully saturated rings. The molecule has 0 aliphatic carbocycles. The van der Waals surface area contributed by atoms with Crippen LogP contribution in [-0.4, -0.2) is 37.7 Å². The number of carboxylic acid groups (broad SMARTS) is 1. The van der Waals surface area contributed by atoms with Crippen LogP contribution >= 0.6 is 0 Å². The summed E-state index contributed by atoms with van der Waals surface area (Å²) in [4.78, 5) is 24.6. The van der Waals surface area contributed by atoms with Crippen molar-refractivity contribution in [3.63, 3.8) is 0 Å². The maximum Gasteiger partial charge on any atom is 0.352 e. The molecule has 24 heavy (non-hydrogen) atoms. The van der Waals surface area contributed by atoms with Gasteiger partial charge in [0, 0.05) is 13.1 Å². The lowest BCUT2D eigenvalue weighted by Crippen LogP contribution is -2.32. The number of aromatic nitrogens is 3. The lowest BCUT2D eigenvalue weighted by atomic mass is 9.95. The van der Waals surface area contributed by atoms with Gasteiger partial charge in [-0.15, -0.1) is 0 Å². The molecule has 1 aromatic carbocycles. The van der Waals surface area contributed by atoms with Crippen molar-refractivity contribution in [3.8, 4) is 0 Å². The van der Waals surface area contributed by atoms with E-state index in [-0.39, 0.29) is 12.3 Å². The normalized spacial score (nSPS) is 14.0. The number of fused-ring (bicyclic) bond motifs is 2. The predicted octanol–water partition coefficient (Wildman–Crippen LogP) is 1.71. The fraction of sp³-hybridized carbons (Fsp3) is 0.235. The van der Waals surface area contributed by atoms with Gasteiger partial charge in [0.05, 0.1) is 12.0 Å². The molecule has 0 atom stereocenters. The van der Waals surface area contributed by atoms with Crippen LogP contribution in [0, 0.1) is 0 Å². The molecule has 0 saturated carbocycles. The largest absolute Gasteiger partial charge is 0.477 e. The molecule has 0 amide bonds. The van der Waals surface area contributed by atoms with Gasteiger partial charge in [0.15, 0.2) is 0 Å². The monoisotopic (exact) mass is 324 g/mol. The van der Waals surface area contributed by atoms with Crippen LogP contribution in [-0.2, 0) is 19.6 Å². The third-order valence-corrected chi connectivity index (χ3v) is 4.48. The Morgan fingerprint density at radius 1 is 1.33 bits per heavy atom. The van der Waals surface area contributed by atoms with Crippen molar-refractivity contribution in [2.45, 2.75) is 19.6 Å².